The Kier molecular flexibility index (Phi) is 4.71. The first-order valence-corrected chi connectivity index (χ1v) is 9.44. The van der Waals surface area contributed by atoms with Crippen LogP contribution in [0.3, 0.4) is 0 Å². The minimum atomic E-state index is -0.321. The van der Waals surface area contributed by atoms with Gasteiger partial charge in [-0.05, 0) is 24.3 Å². The highest BCUT2D eigenvalue weighted by molar-refractivity contribution is 8.01. The number of nitrogens with one attached hydrogen (secondary N) is 1. The summed E-state index contributed by atoms with van der Waals surface area (Å²) in [4.78, 5) is 0. The van der Waals surface area contributed by atoms with Crippen LogP contribution in [0.5, 0.6) is 11.5 Å². The Morgan fingerprint density at radius 3 is 2.80 bits per heavy atom. The molecular weight excluding hydrogens is 361 g/mol. The van der Waals surface area contributed by atoms with Crippen LogP contribution in [-0.4, -0.2) is 28.7 Å². The van der Waals surface area contributed by atoms with Gasteiger partial charge in [-0.15, -0.1) is 10.2 Å². The van der Waals surface area contributed by atoms with E-state index in [2.05, 4.69) is 15.5 Å². The van der Waals surface area contributed by atoms with Crippen LogP contribution in [0.1, 0.15) is 0 Å². The molecule has 8 heteroatoms. The lowest BCUT2D eigenvalue weighted by Crippen LogP contribution is -2.31. The van der Waals surface area contributed by atoms with Crippen molar-refractivity contribution in [2.24, 2.45) is 0 Å². The maximum Gasteiger partial charge on any atom is 0.210 e. The van der Waals surface area contributed by atoms with Gasteiger partial charge in [-0.2, -0.15) is 0 Å². The van der Waals surface area contributed by atoms with Gasteiger partial charge in [0.2, 0.25) is 5.13 Å². The fraction of sp³-hybridized carbons (Fsp3) is 0.176. The van der Waals surface area contributed by atoms with Crippen molar-refractivity contribution in [3.8, 4) is 11.5 Å². The van der Waals surface area contributed by atoms with Crippen molar-refractivity contribution < 1.29 is 13.9 Å². The van der Waals surface area contributed by atoms with Gasteiger partial charge in [0.25, 0.3) is 0 Å². The Bertz CT molecular complexity index is 874. The van der Waals surface area contributed by atoms with E-state index >= 15 is 0 Å². The second-order valence-electron chi connectivity index (χ2n) is 5.29. The van der Waals surface area contributed by atoms with Crippen molar-refractivity contribution in [3.63, 3.8) is 0 Å². The fourth-order valence-corrected chi connectivity index (χ4v) is 4.06. The first-order chi connectivity index (χ1) is 12.3. The van der Waals surface area contributed by atoms with E-state index in [0.717, 1.165) is 15.8 Å². The van der Waals surface area contributed by atoms with Gasteiger partial charge in [0, 0.05) is 5.75 Å². The molecule has 0 bridgehead atoms. The largest absolute Gasteiger partial charge is 0.486 e. The third-order valence-corrected chi connectivity index (χ3v) is 5.59. The highest BCUT2D eigenvalue weighted by atomic mass is 32.2. The first-order valence-electron chi connectivity index (χ1n) is 7.64. The van der Waals surface area contributed by atoms with E-state index in [-0.39, 0.29) is 11.9 Å². The molecule has 3 aromatic rings. The Morgan fingerprint density at radius 1 is 1.12 bits per heavy atom. The van der Waals surface area contributed by atoms with Crippen molar-refractivity contribution in [1.82, 2.24) is 10.2 Å². The van der Waals surface area contributed by atoms with Gasteiger partial charge < -0.3 is 14.8 Å². The maximum absolute atomic E-state index is 13.7. The number of fused-ring (bicyclic) bond motifs is 1. The van der Waals surface area contributed by atoms with Crippen LogP contribution in [0.25, 0.3) is 0 Å². The number of anilines is 2. The predicted molar refractivity (Wildman–Crippen MR) is 96.7 cm³/mol. The molecular formula is C17H14FN3O2S2. The third-order valence-electron chi connectivity index (χ3n) is 3.48. The van der Waals surface area contributed by atoms with Crippen LogP contribution in [0, 0.1) is 5.82 Å². The Hall–Kier alpha value is -2.32. The van der Waals surface area contributed by atoms with E-state index in [4.69, 9.17) is 9.47 Å². The molecule has 25 heavy (non-hydrogen) atoms. The van der Waals surface area contributed by atoms with E-state index in [1.165, 1.54) is 17.4 Å². The van der Waals surface area contributed by atoms with Gasteiger partial charge in [-0.3, -0.25) is 0 Å². The SMILES string of the molecule is Fc1ccccc1Nc1nnc(SCC2COc3ccccc3O2)s1. The molecule has 0 fully saturated rings. The maximum atomic E-state index is 13.7. The summed E-state index contributed by atoms with van der Waals surface area (Å²) in [5, 5.41) is 11.7. The molecule has 1 aromatic heterocycles. The smallest absolute Gasteiger partial charge is 0.210 e. The molecule has 1 aliphatic rings. The van der Waals surface area contributed by atoms with Crippen molar-refractivity contribution in [1.29, 1.82) is 0 Å². The quantitative estimate of drug-likeness (QED) is 0.669. The highest BCUT2D eigenvalue weighted by Crippen LogP contribution is 2.34. The number of ether oxygens (including phenoxy) is 2. The Labute approximate surface area is 152 Å². The molecule has 0 saturated carbocycles. The van der Waals surface area contributed by atoms with Crippen molar-refractivity contribution in [2.45, 2.75) is 10.4 Å². The molecule has 0 radical (unpaired) electrons. The lowest BCUT2D eigenvalue weighted by molar-refractivity contribution is 0.107. The number of hydrogen-bond acceptors (Lipinski definition) is 7. The van der Waals surface area contributed by atoms with Crippen LogP contribution in [0.2, 0.25) is 0 Å². The number of para-hydroxylation sites is 3. The van der Waals surface area contributed by atoms with E-state index in [1.54, 1.807) is 30.0 Å². The zero-order chi connectivity index (χ0) is 17.1. The van der Waals surface area contributed by atoms with Crippen molar-refractivity contribution in [3.05, 3.63) is 54.3 Å². The fourth-order valence-electron chi connectivity index (χ4n) is 2.31. The molecule has 1 aliphatic heterocycles. The van der Waals surface area contributed by atoms with Gasteiger partial charge >= 0.3 is 0 Å². The summed E-state index contributed by atoms with van der Waals surface area (Å²) in [5.41, 5.74) is 0.385. The number of thioether (sulfide) groups is 1. The Balaban J connectivity index is 1.34. The summed E-state index contributed by atoms with van der Waals surface area (Å²) in [6.07, 6.45) is -0.0493. The number of nitrogens with zero attached hydrogens (tertiary/aromatic N) is 2. The minimum Gasteiger partial charge on any atom is -0.486 e. The average Bonchev–Trinajstić information content (AvgIpc) is 3.09. The van der Waals surface area contributed by atoms with Crippen molar-refractivity contribution >= 4 is 33.9 Å². The molecule has 1 unspecified atom stereocenters. The molecule has 0 aliphatic carbocycles. The minimum absolute atomic E-state index is 0.0493. The first kappa shape index (κ1) is 16.2. The van der Waals surface area contributed by atoms with Crippen LogP contribution in [0.15, 0.2) is 52.9 Å². The van der Waals surface area contributed by atoms with Gasteiger partial charge in [0.1, 0.15) is 18.5 Å². The molecule has 2 heterocycles. The van der Waals surface area contributed by atoms with Crippen LogP contribution in [0.4, 0.5) is 15.2 Å². The van der Waals surface area contributed by atoms with Gasteiger partial charge in [-0.1, -0.05) is 47.4 Å². The number of halogens is 1. The van der Waals surface area contributed by atoms with Crippen molar-refractivity contribution in [2.75, 3.05) is 17.7 Å². The Morgan fingerprint density at radius 2 is 1.92 bits per heavy atom. The zero-order valence-electron chi connectivity index (χ0n) is 13.0. The number of hydrogen-bond donors (Lipinski definition) is 1. The number of aromatic nitrogens is 2. The summed E-state index contributed by atoms with van der Waals surface area (Å²) < 4.78 is 26.1. The van der Waals surface area contributed by atoms with E-state index in [0.29, 0.717) is 23.2 Å². The molecule has 4 rings (SSSR count). The predicted octanol–water partition coefficient (Wildman–Crippen LogP) is 4.35. The molecule has 1 N–H and O–H groups in total. The molecule has 0 amide bonds. The number of rotatable bonds is 5. The van der Waals surface area contributed by atoms with Crippen LogP contribution < -0.4 is 14.8 Å². The summed E-state index contributed by atoms with van der Waals surface area (Å²) in [5.74, 6) is 1.91. The van der Waals surface area contributed by atoms with Gasteiger partial charge in [0.05, 0.1) is 5.69 Å². The summed E-state index contributed by atoms with van der Waals surface area (Å²) >= 11 is 2.92. The molecule has 5 nitrogen and oxygen atoms in total. The monoisotopic (exact) mass is 375 g/mol. The van der Waals surface area contributed by atoms with Gasteiger partial charge in [-0.25, -0.2) is 4.39 Å². The summed E-state index contributed by atoms with van der Waals surface area (Å²) in [6.45, 7) is 0.503. The second kappa shape index (κ2) is 7.28. The molecule has 0 spiro atoms. The standard InChI is InChI=1S/C17H14FN3O2S2/c18-12-5-1-2-6-13(12)19-16-20-21-17(25-16)24-10-11-9-22-14-7-3-4-8-15(14)23-11/h1-8,11H,9-10H2,(H,19,20). The van der Waals surface area contributed by atoms with E-state index < -0.39 is 0 Å². The molecule has 2 aromatic carbocycles. The lowest BCUT2D eigenvalue weighted by Gasteiger charge is -2.25. The highest BCUT2D eigenvalue weighted by Gasteiger charge is 2.21. The number of benzene rings is 2. The van der Waals surface area contributed by atoms with Crippen LogP contribution in [-0.2, 0) is 0 Å². The third kappa shape index (κ3) is 3.85. The van der Waals surface area contributed by atoms with Gasteiger partial charge in [0.15, 0.2) is 15.8 Å². The lowest BCUT2D eigenvalue weighted by atomic mass is 10.3. The van der Waals surface area contributed by atoms with Crippen LogP contribution >= 0.6 is 23.1 Å². The summed E-state index contributed by atoms with van der Waals surface area (Å²) in [7, 11) is 0. The van der Waals surface area contributed by atoms with E-state index in [1.807, 2.05) is 24.3 Å². The molecule has 1 atom stereocenters. The normalized spacial score (nSPS) is 15.8. The molecule has 0 saturated heterocycles. The summed E-state index contributed by atoms with van der Waals surface area (Å²) in [6, 6.07) is 14.1. The average molecular weight is 375 g/mol. The molecule has 128 valence electrons. The second-order valence-corrected chi connectivity index (χ2v) is 7.53. The topological polar surface area (TPSA) is 56.3 Å². The zero-order valence-corrected chi connectivity index (χ0v) is 14.6. The van der Waals surface area contributed by atoms with E-state index in [9.17, 15) is 4.39 Å².